The molecule has 1 aliphatic rings. The van der Waals surface area contributed by atoms with Gasteiger partial charge in [0.1, 0.15) is 0 Å². The highest BCUT2D eigenvalue weighted by molar-refractivity contribution is 6.32. The third-order valence-electron chi connectivity index (χ3n) is 15.5. The largest absolute Gasteiger partial charge is 0.312 e. The summed E-state index contributed by atoms with van der Waals surface area (Å²) in [5, 5.41) is 12.6. The molecule has 0 spiro atoms. The smallest absolute Gasteiger partial charge is 0.0638 e. The van der Waals surface area contributed by atoms with Gasteiger partial charge in [0, 0.05) is 82.3 Å². The number of nitrogens with zero attached hydrogens (tertiary/aromatic N) is 5. The molecule has 5 heteroatoms. The average molecular weight is 906 g/mol. The fourth-order valence-electron chi connectivity index (χ4n) is 12.6. The summed E-state index contributed by atoms with van der Waals surface area (Å²) in [6, 6.07) is 80.8. The predicted octanol–water partition coefficient (Wildman–Crippen LogP) is 17.4. The van der Waals surface area contributed by atoms with Crippen molar-refractivity contribution >= 4 is 115 Å². The minimum atomic E-state index is 0.947. The lowest BCUT2D eigenvalue weighted by Crippen LogP contribution is -2.00. The van der Waals surface area contributed by atoms with Crippen LogP contribution in [0.1, 0.15) is 12.8 Å². The molecule has 16 rings (SSSR count). The van der Waals surface area contributed by atoms with Crippen LogP contribution in [0.5, 0.6) is 0 Å². The Balaban J connectivity index is 0.983. The van der Waals surface area contributed by atoms with Gasteiger partial charge in [0.25, 0.3) is 0 Å². The van der Waals surface area contributed by atoms with Crippen molar-refractivity contribution in [2.24, 2.45) is 0 Å². The highest BCUT2D eigenvalue weighted by Gasteiger charge is 2.26. The van der Waals surface area contributed by atoms with Crippen molar-refractivity contribution in [2.45, 2.75) is 12.8 Å². The monoisotopic (exact) mass is 905 g/mol. The molecule has 0 fully saturated rings. The topological polar surface area (TPSA) is 24.6 Å². The highest BCUT2D eigenvalue weighted by atomic mass is 15.0. The van der Waals surface area contributed by atoms with Crippen LogP contribution in [-0.4, -0.2) is 22.8 Å². The SMILES string of the molecule is C1=CCCC(n2c3c(ccc4c3c3ccccc3n4-c3cccc(-n4c5ccccc5c5ccccc54)c3)c3ccc4c(c5ccccc5n4-c4ccc5c(c4)c4ccccc4n5-c4ccccc4)c32)=C1. The quantitative estimate of drug-likeness (QED) is 0.164. The Hall–Kier alpha value is -9.32. The van der Waals surface area contributed by atoms with E-state index in [9.17, 15) is 0 Å². The van der Waals surface area contributed by atoms with E-state index in [1.54, 1.807) is 0 Å². The maximum absolute atomic E-state index is 2.65. The van der Waals surface area contributed by atoms with Crippen molar-refractivity contribution in [1.29, 1.82) is 0 Å². The van der Waals surface area contributed by atoms with Gasteiger partial charge in [0.15, 0.2) is 0 Å². The fraction of sp³-hybridized carbons (Fsp3) is 0.0303. The van der Waals surface area contributed by atoms with Crippen LogP contribution < -0.4 is 0 Å². The Bertz CT molecular complexity index is 4760. The van der Waals surface area contributed by atoms with Crippen LogP contribution in [0.3, 0.4) is 0 Å². The molecule has 0 unspecified atom stereocenters. The van der Waals surface area contributed by atoms with Crippen LogP contribution in [0.15, 0.2) is 237 Å². The number of para-hydroxylation sites is 6. The molecule has 0 radical (unpaired) electrons. The Labute approximate surface area is 407 Å². The molecule has 0 amide bonds. The van der Waals surface area contributed by atoms with E-state index in [1.165, 1.54) is 115 Å². The van der Waals surface area contributed by atoms with Gasteiger partial charge < -0.3 is 22.8 Å². The average Bonchev–Trinajstić information content (AvgIpc) is 4.23. The summed E-state index contributed by atoms with van der Waals surface area (Å²) in [7, 11) is 0. The Morgan fingerprint density at radius 1 is 0.268 bits per heavy atom. The standard InChI is InChI=1S/C66H43N5/c1-3-18-42(19-4-1)67-57-31-14-9-26-49(57)54-41-46(34-37-60(54)67)70-59-33-16-11-28-53(59)64-62(70)39-36-51-50-35-38-61-63(65(50)71(66(51)64)43-20-5-2-6-21-43)52-27-10-15-32-58(52)69(61)45-23-17-22-44(40-45)68-55-29-12-7-24-47(55)48-25-8-13-30-56(48)68/h1-5,7-20,22-41H,6,21H2. The zero-order chi connectivity index (χ0) is 46.3. The Morgan fingerprint density at radius 3 is 1.21 bits per heavy atom. The molecule has 5 aromatic heterocycles. The molecule has 0 saturated carbocycles. The third kappa shape index (κ3) is 5.29. The first-order chi connectivity index (χ1) is 35.3. The van der Waals surface area contributed by atoms with Crippen LogP contribution in [0, 0.1) is 0 Å². The van der Waals surface area contributed by atoms with Crippen LogP contribution in [0.4, 0.5) is 0 Å². The second-order valence-electron chi connectivity index (χ2n) is 19.2. The van der Waals surface area contributed by atoms with Gasteiger partial charge in [-0.05, 0) is 110 Å². The zero-order valence-corrected chi connectivity index (χ0v) is 38.7. The van der Waals surface area contributed by atoms with Gasteiger partial charge in [-0.25, -0.2) is 0 Å². The van der Waals surface area contributed by atoms with Crippen LogP contribution in [0.2, 0.25) is 0 Å². The molecule has 0 aliphatic heterocycles. The molecule has 71 heavy (non-hydrogen) atoms. The highest BCUT2D eigenvalue weighted by Crippen LogP contribution is 2.47. The second kappa shape index (κ2) is 14.6. The summed E-state index contributed by atoms with van der Waals surface area (Å²) < 4.78 is 12.5. The van der Waals surface area contributed by atoms with Crippen molar-refractivity contribution in [3.63, 3.8) is 0 Å². The van der Waals surface area contributed by atoms with E-state index in [1.807, 2.05) is 0 Å². The van der Waals surface area contributed by atoms with Gasteiger partial charge in [0.2, 0.25) is 0 Å². The normalized spacial score (nSPS) is 13.3. The van der Waals surface area contributed by atoms with Gasteiger partial charge in [0.05, 0.1) is 55.2 Å². The molecule has 0 N–H and O–H groups in total. The molecule has 0 saturated heterocycles. The summed E-state index contributed by atoms with van der Waals surface area (Å²) >= 11 is 0. The fourth-order valence-corrected chi connectivity index (χ4v) is 12.6. The molecule has 5 nitrogen and oxygen atoms in total. The summed E-state index contributed by atoms with van der Waals surface area (Å²) in [5.41, 5.74) is 18.0. The Kier molecular flexibility index (Phi) is 7.94. The molecule has 1 aliphatic carbocycles. The Morgan fingerprint density at radius 2 is 0.676 bits per heavy atom. The van der Waals surface area contributed by atoms with E-state index in [0.717, 1.165) is 35.6 Å². The maximum atomic E-state index is 2.65. The number of rotatable bonds is 5. The maximum Gasteiger partial charge on any atom is 0.0638 e. The lowest BCUT2D eigenvalue weighted by Gasteiger charge is -2.16. The zero-order valence-electron chi connectivity index (χ0n) is 38.7. The number of hydrogen-bond acceptors (Lipinski definition) is 0. The van der Waals surface area contributed by atoms with E-state index >= 15 is 0 Å². The van der Waals surface area contributed by atoms with E-state index in [2.05, 4.69) is 259 Å². The van der Waals surface area contributed by atoms with Crippen molar-refractivity contribution < 1.29 is 0 Å². The van der Waals surface area contributed by atoms with Crippen molar-refractivity contribution in [3.8, 4) is 22.7 Å². The molecule has 0 bridgehead atoms. The van der Waals surface area contributed by atoms with Gasteiger partial charge in [-0.3, -0.25) is 0 Å². The first kappa shape index (κ1) is 38.6. The van der Waals surface area contributed by atoms with Gasteiger partial charge in [-0.15, -0.1) is 0 Å². The minimum Gasteiger partial charge on any atom is -0.312 e. The molecular formula is C66H43N5. The molecule has 0 atom stereocenters. The summed E-state index contributed by atoms with van der Waals surface area (Å²) in [6.45, 7) is 0. The number of aromatic nitrogens is 5. The summed E-state index contributed by atoms with van der Waals surface area (Å²) in [6.07, 6.45) is 8.85. The number of hydrogen-bond donors (Lipinski definition) is 0. The molecular weight excluding hydrogens is 863 g/mol. The van der Waals surface area contributed by atoms with Crippen molar-refractivity contribution in [3.05, 3.63) is 237 Å². The lowest BCUT2D eigenvalue weighted by atomic mass is 10.1. The number of allylic oxidation sites excluding steroid dienone is 4. The number of fused-ring (bicyclic) bond motifs is 17. The molecule has 5 heterocycles. The van der Waals surface area contributed by atoms with E-state index in [0.29, 0.717) is 0 Å². The van der Waals surface area contributed by atoms with E-state index in [4.69, 9.17) is 0 Å². The lowest BCUT2D eigenvalue weighted by molar-refractivity contribution is 0.982. The predicted molar refractivity (Wildman–Crippen MR) is 299 cm³/mol. The minimum absolute atomic E-state index is 0.947. The van der Waals surface area contributed by atoms with Gasteiger partial charge in [-0.1, -0.05) is 140 Å². The summed E-state index contributed by atoms with van der Waals surface area (Å²) in [4.78, 5) is 0. The van der Waals surface area contributed by atoms with Gasteiger partial charge in [-0.2, -0.15) is 0 Å². The van der Waals surface area contributed by atoms with Crippen LogP contribution in [0.25, 0.3) is 137 Å². The third-order valence-corrected chi connectivity index (χ3v) is 15.5. The van der Waals surface area contributed by atoms with E-state index in [-0.39, 0.29) is 0 Å². The summed E-state index contributed by atoms with van der Waals surface area (Å²) in [5.74, 6) is 0. The first-order valence-corrected chi connectivity index (χ1v) is 24.7. The van der Waals surface area contributed by atoms with E-state index < -0.39 is 0 Å². The molecule has 15 aromatic rings. The second-order valence-corrected chi connectivity index (χ2v) is 19.2. The van der Waals surface area contributed by atoms with Gasteiger partial charge >= 0.3 is 0 Å². The molecule has 10 aromatic carbocycles. The van der Waals surface area contributed by atoms with Crippen molar-refractivity contribution in [2.75, 3.05) is 0 Å². The molecule has 332 valence electrons. The van der Waals surface area contributed by atoms with Crippen molar-refractivity contribution in [1.82, 2.24) is 22.8 Å². The first-order valence-electron chi connectivity index (χ1n) is 24.7. The van der Waals surface area contributed by atoms with Crippen LogP contribution >= 0.6 is 0 Å². The number of benzene rings is 10. The van der Waals surface area contributed by atoms with Crippen LogP contribution in [-0.2, 0) is 0 Å².